The molecule has 0 aliphatic carbocycles. The third-order valence-corrected chi connectivity index (χ3v) is 2.45. The maximum atomic E-state index is 13.6. The van der Waals surface area contributed by atoms with Gasteiger partial charge in [-0.25, -0.2) is 8.78 Å². The van der Waals surface area contributed by atoms with Crippen molar-refractivity contribution in [1.29, 1.82) is 0 Å². The van der Waals surface area contributed by atoms with Gasteiger partial charge in [0.25, 0.3) is 5.92 Å². The molecule has 1 rings (SSSR count). The van der Waals surface area contributed by atoms with E-state index in [4.69, 9.17) is 4.74 Å². The van der Waals surface area contributed by atoms with Crippen LogP contribution >= 0.6 is 0 Å². The van der Waals surface area contributed by atoms with Gasteiger partial charge in [-0.15, -0.1) is 0 Å². The number of nitrogens with one attached hydrogen (secondary N) is 1. The van der Waals surface area contributed by atoms with Crippen LogP contribution in [0.2, 0.25) is 0 Å². The minimum absolute atomic E-state index is 0.127. The molecule has 1 saturated heterocycles. The first-order chi connectivity index (χ1) is 7.22. The summed E-state index contributed by atoms with van der Waals surface area (Å²) >= 11 is 0. The average molecular weight is 235 g/mol. The second-order valence-corrected chi connectivity index (χ2v) is 5.14. The highest BCUT2D eigenvalue weighted by Crippen LogP contribution is 2.33. The Morgan fingerprint density at radius 2 is 2.00 bits per heavy atom. The van der Waals surface area contributed by atoms with Crippen molar-refractivity contribution in [2.45, 2.75) is 45.1 Å². The van der Waals surface area contributed by atoms with E-state index in [1.54, 1.807) is 20.8 Å². The maximum absolute atomic E-state index is 13.6. The third-order valence-electron chi connectivity index (χ3n) is 2.45. The standard InChI is InChI=1S/C11H19F2NO2/c1-10(2,3)16-9(15)8-4-6-14-7-5-11(8,12)13/h8,14H,4-7H2,1-3H3. The molecule has 1 aliphatic rings. The van der Waals surface area contributed by atoms with Gasteiger partial charge in [-0.2, -0.15) is 0 Å². The molecule has 3 nitrogen and oxygen atoms in total. The first-order valence-electron chi connectivity index (χ1n) is 5.54. The fourth-order valence-electron chi connectivity index (χ4n) is 1.68. The fourth-order valence-corrected chi connectivity index (χ4v) is 1.68. The number of carbonyl (C=O) groups is 1. The smallest absolute Gasteiger partial charge is 0.315 e. The number of hydrogen-bond acceptors (Lipinski definition) is 3. The Hall–Kier alpha value is -0.710. The van der Waals surface area contributed by atoms with Gasteiger partial charge in [0.2, 0.25) is 0 Å². The van der Waals surface area contributed by atoms with E-state index in [2.05, 4.69) is 5.32 Å². The zero-order valence-corrected chi connectivity index (χ0v) is 9.98. The molecule has 0 bridgehead atoms. The highest BCUT2D eigenvalue weighted by Gasteiger charge is 2.46. The van der Waals surface area contributed by atoms with E-state index in [1.807, 2.05) is 0 Å². The average Bonchev–Trinajstić information content (AvgIpc) is 2.22. The molecule has 1 atom stereocenters. The minimum Gasteiger partial charge on any atom is -0.460 e. The maximum Gasteiger partial charge on any atom is 0.315 e. The number of halogens is 2. The summed E-state index contributed by atoms with van der Waals surface area (Å²) in [4.78, 5) is 11.7. The molecule has 0 saturated carbocycles. The van der Waals surface area contributed by atoms with Gasteiger partial charge in [0.15, 0.2) is 0 Å². The number of rotatable bonds is 1. The molecule has 1 aliphatic heterocycles. The van der Waals surface area contributed by atoms with Crippen LogP contribution in [-0.4, -0.2) is 30.6 Å². The van der Waals surface area contributed by atoms with Gasteiger partial charge >= 0.3 is 5.97 Å². The summed E-state index contributed by atoms with van der Waals surface area (Å²) in [5.74, 6) is -5.07. The second kappa shape index (κ2) is 4.65. The van der Waals surface area contributed by atoms with Gasteiger partial charge in [-0.3, -0.25) is 4.79 Å². The first-order valence-corrected chi connectivity index (χ1v) is 5.54. The van der Waals surface area contributed by atoms with Gasteiger partial charge in [0.05, 0.1) is 0 Å². The van der Waals surface area contributed by atoms with E-state index in [-0.39, 0.29) is 19.4 Å². The van der Waals surface area contributed by atoms with E-state index in [9.17, 15) is 13.6 Å². The van der Waals surface area contributed by atoms with Crippen LogP contribution in [0.1, 0.15) is 33.6 Å². The summed E-state index contributed by atoms with van der Waals surface area (Å²) < 4.78 is 32.2. The molecule has 1 fully saturated rings. The van der Waals surface area contributed by atoms with Gasteiger partial charge in [-0.05, 0) is 33.7 Å². The van der Waals surface area contributed by atoms with E-state index >= 15 is 0 Å². The predicted molar refractivity (Wildman–Crippen MR) is 56.4 cm³/mol. The lowest BCUT2D eigenvalue weighted by atomic mass is 9.96. The molecular formula is C11H19F2NO2. The number of esters is 1. The van der Waals surface area contributed by atoms with Crippen molar-refractivity contribution >= 4 is 5.97 Å². The van der Waals surface area contributed by atoms with E-state index in [0.29, 0.717) is 6.54 Å². The second-order valence-electron chi connectivity index (χ2n) is 5.14. The predicted octanol–water partition coefficient (Wildman–Crippen LogP) is 1.96. The number of ether oxygens (including phenoxy) is 1. The first kappa shape index (κ1) is 13.4. The fraction of sp³-hybridized carbons (Fsp3) is 0.909. The molecule has 94 valence electrons. The quantitative estimate of drug-likeness (QED) is 0.706. The Kier molecular flexibility index (Phi) is 3.88. The Morgan fingerprint density at radius 3 is 2.56 bits per heavy atom. The van der Waals surface area contributed by atoms with Crippen molar-refractivity contribution in [3.8, 4) is 0 Å². The highest BCUT2D eigenvalue weighted by molar-refractivity contribution is 5.74. The molecule has 0 aromatic heterocycles. The molecule has 1 unspecified atom stereocenters. The topological polar surface area (TPSA) is 38.3 Å². The molecule has 1 N–H and O–H groups in total. The number of alkyl halides is 2. The molecule has 0 amide bonds. The highest BCUT2D eigenvalue weighted by atomic mass is 19.3. The van der Waals surface area contributed by atoms with E-state index in [1.165, 1.54) is 0 Å². The van der Waals surface area contributed by atoms with Crippen molar-refractivity contribution in [3.63, 3.8) is 0 Å². The zero-order chi connectivity index (χ0) is 12.4. The van der Waals surface area contributed by atoms with Crippen molar-refractivity contribution in [3.05, 3.63) is 0 Å². The summed E-state index contributed by atoms with van der Waals surface area (Å²) in [6.45, 7) is 5.71. The van der Waals surface area contributed by atoms with Crippen LogP contribution in [0.5, 0.6) is 0 Å². The van der Waals surface area contributed by atoms with Gasteiger partial charge < -0.3 is 10.1 Å². The lowest BCUT2D eigenvalue weighted by Crippen LogP contribution is -2.39. The van der Waals surface area contributed by atoms with E-state index in [0.717, 1.165) is 0 Å². The van der Waals surface area contributed by atoms with Crippen molar-refractivity contribution in [2.24, 2.45) is 5.92 Å². The molecule has 0 spiro atoms. The normalized spacial score (nSPS) is 25.9. The van der Waals surface area contributed by atoms with Crippen LogP contribution in [0.4, 0.5) is 8.78 Å². The zero-order valence-electron chi connectivity index (χ0n) is 9.98. The Balaban J connectivity index is 2.71. The van der Waals surface area contributed by atoms with Crippen molar-refractivity contribution < 1.29 is 18.3 Å². The molecule has 0 radical (unpaired) electrons. The molecule has 0 aromatic rings. The molecular weight excluding hydrogens is 216 g/mol. The largest absolute Gasteiger partial charge is 0.460 e. The Labute approximate surface area is 94.5 Å². The molecule has 5 heteroatoms. The monoisotopic (exact) mass is 235 g/mol. The third kappa shape index (κ3) is 3.70. The lowest BCUT2D eigenvalue weighted by Gasteiger charge is -2.27. The van der Waals surface area contributed by atoms with Crippen LogP contribution in [-0.2, 0) is 9.53 Å². The number of hydrogen-bond donors (Lipinski definition) is 1. The van der Waals surface area contributed by atoms with Crippen LogP contribution in [0, 0.1) is 5.92 Å². The van der Waals surface area contributed by atoms with Crippen LogP contribution < -0.4 is 5.32 Å². The van der Waals surface area contributed by atoms with Gasteiger partial charge in [0.1, 0.15) is 11.5 Å². The number of carbonyl (C=O) groups excluding carboxylic acids is 1. The summed E-state index contributed by atoms with van der Waals surface area (Å²) in [5.41, 5.74) is -0.715. The van der Waals surface area contributed by atoms with Crippen LogP contribution in [0.3, 0.4) is 0 Å². The SMILES string of the molecule is CC(C)(C)OC(=O)C1CCNCCC1(F)F. The summed E-state index contributed by atoms with van der Waals surface area (Å²) in [6, 6.07) is 0. The molecule has 1 heterocycles. The molecule has 0 aromatic carbocycles. The van der Waals surface area contributed by atoms with Crippen molar-refractivity contribution in [2.75, 3.05) is 13.1 Å². The summed E-state index contributed by atoms with van der Waals surface area (Å²) in [5, 5.41) is 2.86. The minimum atomic E-state index is -2.97. The Morgan fingerprint density at radius 1 is 1.38 bits per heavy atom. The van der Waals surface area contributed by atoms with Gasteiger partial charge in [0, 0.05) is 13.0 Å². The molecule has 16 heavy (non-hydrogen) atoms. The summed E-state index contributed by atoms with van der Waals surface area (Å²) in [6.07, 6.45) is -0.182. The van der Waals surface area contributed by atoms with Crippen molar-refractivity contribution in [1.82, 2.24) is 5.32 Å². The van der Waals surface area contributed by atoms with Gasteiger partial charge in [-0.1, -0.05) is 0 Å². The lowest BCUT2D eigenvalue weighted by molar-refractivity contribution is -0.174. The van der Waals surface area contributed by atoms with Crippen LogP contribution in [0.15, 0.2) is 0 Å². The van der Waals surface area contributed by atoms with Crippen LogP contribution in [0.25, 0.3) is 0 Å². The summed E-state index contributed by atoms with van der Waals surface area (Å²) in [7, 11) is 0. The Bertz CT molecular complexity index is 261. The van der Waals surface area contributed by atoms with E-state index < -0.39 is 23.4 Å².